The first kappa shape index (κ1) is 19.6. The van der Waals surface area contributed by atoms with Crippen LogP contribution >= 0.6 is 11.6 Å². The van der Waals surface area contributed by atoms with Crippen molar-refractivity contribution in [3.8, 4) is 11.6 Å². The zero-order valence-corrected chi connectivity index (χ0v) is 17.1. The van der Waals surface area contributed by atoms with E-state index in [1.807, 2.05) is 18.2 Å². The average Bonchev–Trinajstić information content (AvgIpc) is 3.15. The molecule has 0 aliphatic carbocycles. The summed E-state index contributed by atoms with van der Waals surface area (Å²) in [5.74, 6) is 0.510. The number of nitrogens with one attached hydrogen (secondary N) is 3. The Bertz CT molecular complexity index is 1210. The van der Waals surface area contributed by atoms with Crippen molar-refractivity contribution in [2.45, 2.75) is 12.6 Å². The molecule has 4 aromatic rings. The molecular weight excluding hydrogens is 421 g/mol. The second-order valence-electron chi connectivity index (χ2n) is 7.23. The van der Waals surface area contributed by atoms with Crippen molar-refractivity contribution in [1.82, 2.24) is 15.0 Å². The molecule has 0 radical (unpaired) electrons. The van der Waals surface area contributed by atoms with Crippen LogP contribution in [0, 0.1) is 5.82 Å². The maximum atomic E-state index is 14.4. The summed E-state index contributed by atoms with van der Waals surface area (Å²) in [6, 6.07) is 14.3. The van der Waals surface area contributed by atoms with Crippen LogP contribution in [0.5, 0.6) is 11.6 Å². The fourth-order valence-electron chi connectivity index (χ4n) is 3.20. The molecule has 7 nitrogen and oxygen atoms in total. The minimum atomic E-state index is -0.476. The summed E-state index contributed by atoms with van der Waals surface area (Å²) in [4.78, 5) is 11.8. The number of aromatic amines is 1. The number of imidazole rings is 1. The van der Waals surface area contributed by atoms with E-state index in [1.165, 1.54) is 12.3 Å². The van der Waals surface area contributed by atoms with Gasteiger partial charge in [-0.05, 0) is 42.0 Å². The highest BCUT2D eigenvalue weighted by molar-refractivity contribution is 6.30. The molecule has 3 heterocycles. The summed E-state index contributed by atoms with van der Waals surface area (Å²) in [7, 11) is 0. The lowest BCUT2D eigenvalue weighted by Gasteiger charge is -2.27. The van der Waals surface area contributed by atoms with Crippen molar-refractivity contribution in [2.75, 3.05) is 23.8 Å². The van der Waals surface area contributed by atoms with Gasteiger partial charge in [0.25, 0.3) is 0 Å². The Morgan fingerprint density at radius 2 is 2.06 bits per heavy atom. The lowest BCUT2D eigenvalue weighted by atomic mass is 10.2. The van der Waals surface area contributed by atoms with Crippen molar-refractivity contribution in [3.63, 3.8) is 0 Å². The minimum absolute atomic E-state index is 0.0965. The largest absolute Gasteiger partial charge is 0.436 e. The Morgan fingerprint density at radius 3 is 2.81 bits per heavy atom. The molecule has 0 atom stereocenters. The van der Waals surface area contributed by atoms with Gasteiger partial charge in [-0.1, -0.05) is 17.7 Å². The third kappa shape index (κ3) is 4.55. The number of aromatic nitrogens is 3. The van der Waals surface area contributed by atoms with Gasteiger partial charge in [-0.15, -0.1) is 0 Å². The number of pyridine rings is 1. The molecule has 2 aromatic heterocycles. The molecule has 5 rings (SSSR count). The highest BCUT2D eigenvalue weighted by Crippen LogP contribution is 2.25. The third-order valence-electron chi connectivity index (χ3n) is 4.86. The molecule has 0 spiro atoms. The molecular formula is C22H19ClFN5O2. The third-order valence-corrected chi connectivity index (χ3v) is 5.09. The predicted octanol–water partition coefficient (Wildman–Crippen LogP) is 4.97. The number of halogens is 2. The fraction of sp³-hybridized carbons (Fsp3) is 0.182. The number of ether oxygens (including phenoxy) is 2. The molecule has 9 heteroatoms. The van der Waals surface area contributed by atoms with Crippen LogP contribution < -0.4 is 15.4 Å². The number of rotatable bonds is 7. The second-order valence-corrected chi connectivity index (χ2v) is 7.67. The predicted molar refractivity (Wildman–Crippen MR) is 117 cm³/mol. The van der Waals surface area contributed by atoms with Crippen molar-refractivity contribution in [3.05, 3.63) is 71.1 Å². The number of hydrogen-bond acceptors (Lipinski definition) is 6. The van der Waals surface area contributed by atoms with Crippen LogP contribution in [0.25, 0.3) is 11.0 Å². The fourth-order valence-corrected chi connectivity index (χ4v) is 3.31. The summed E-state index contributed by atoms with van der Waals surface area (Å²) in [5, 5.41) is 7.09. The van der Waals surface area contributed by atoms with Crippen LogP contribution in [-0.2, 0) is 11.3 Å². The van der Waals surface area contributed by atoms with Crippen LogP contribution in [0.3, 0.4) is 0 Å². The van der Waals surface area contributed by atoms with E-state index in [1.54, 1.807) is 24.3 Å². The van der Waals surface area contributed by atoms with Crippen LogP contribution in [0.1, 0.15) is 5.56 Å². The van der Waals surface area contributed by atoms with Gasteiger partial charge in [0.1, 0.15) is 0 Å². The molecule has 0 unspecified atom stereocenters. The summed E-state index contributed by atoms with van der Waals surface area (Å²) in [6.07, 6.45) is 1.45. The lowest BCUT2D eigenvalue weighted by molar-refractivity contribution is 0.0211. The van der Waals surface area contributed by atoms with Crippen LogP contribution in [0.4, 0.5) is 16.0 Å². The molecule has 1 saturated heterocycles. The molecule has 1 aliphatic rings. The van der Waals surface area contributed by atoms with E-state index in [0.29, 0.717) is 23.6 Å². The number of H-pyrrole nitrogens is 1. The lowest BCUT2D eigenvalue weighted by Crippen LogP contribution is -2.40. The van der Waals surface area contributed by atoms with Gasteiger partial charge in [0.2, 0.25) is 11.8 Å². The second kappa shape index (κ2) is 8.41. The van der Waals surface area contributed by atoms with E-state index >= 15 is 0 Å². The van der Waals surface area contributed by atoms with Crippen molar-refractivity contribution in [1.29, 1.82) is 0 Å². The quantitative estimate of drug-likeness (QED) is 0.377. The molecule has 0 bridgehead atoms. The monoisotopic (exact) mass is 439 g/mol. The Kier molecular flexibility index (Phi) is 5.31. The number of hydrogen-bond donors (Lipinski definition) is 3. The van der Waals surface area contributed by atoms with Crippen LogP contribution in [0.15, 0.2) is 54.7 Å². The Balaban J connectivity index is 1.23. The van der Waals surface area contributed by atoms with Crippen molar-refractivity contribution in [2.24, 2.45) is 0 Å². The van der Waals surface area contributed by atoms with Gasteiger partial charge in [0.05, 0.1) is 35.3 Å². The summed E-state index contributed by atoms with van der Waals surface area (Å²) >= 11 is 5.80. The molecule has 3 N–H and O–H groups in total. The summed E-state index contributed by atoms with van der Waals surface area (Å²) < 4.78 is 25.1. The first-order valence-corrected chi connectivity index (χ1v) is 10.2. The maximum absolute atomic E-state index is 14.4. The van der Waals surface area contributed by atoms with Gasteiger partial charge in [-0.2, -0.15) is 0 Å². The smallest absolute Gasteiger partial charge is 0.219 e. The first-order valence-electron chi connectivity index (χ1n) is 9.78. The molecule has 0 amide bonds. The van der Waals surface area contributed by atoms with E-state index in [4.69, 9.17) is 21.1 Å². The zero-order valence-electron chi connectivity index (χ0n) is 16.4. The molecule has 1 fully saturated rings. The number of anilines is 2. The van der Waals surface area contributed by atoms with Gasteiger partial charge in [-0.3, -0.25) is 0 Å². The number of nitrogens with zero attached hydrogens (tertiary/aromatic N) is 2. The van der Waals surface area contributed by atoms with Crippen LogP contribution in [0.2, 0.25) is 5.02 Å². The minimum Gasteiger partial charge on any atom is -0.436 e. The Labute approximate surface area is 182 Å². The van der Waals surface area contributed by atoms with Gasteiger partial charge in [-0.25, -0.2) is 14.4 Å². The van der Waals surface area contributed by atoms with E-state index in [-0.39, 0.29) is 11.6 Å². The van der Waals surface area contributed by atoms with Gasteiger partial charge in [0, 0.05) is 24.5 Å². The molecule has 31 heavy (non-hydrogen) atoms. The average molecular weight is 440 g/mol. The van der Waals surface area contributed by atoms with E-state index < -0.39 is 5.82 Å². The number of benzene rings is 2. The molecule has 158 valence electrons. The number of fused-ring (bicyclic) bond motifs is 1. The van der Waals surface area contributed by atoms with Crippen molar-refractivity contribution < 1.29 is 13.9 Å². The van der Waals surface area contributed by atoms with Gasteiger partial charge < -0.3 is 25.1 Å². The highest BCUT2D eigenvalue weighted by Gasteiger charge is 2.18. The molecule has 2 aromatic carbocycles. The standard InChI is InChI=1S/C22H19ClFN5O2/c23-14-2-6-21(25-10-14)31-20-5-1-13(7-17(20)24)9-26-22-28-18-4-3-15(8-19(18)29-22)27-16-11-30-12-16/h1-8,10,16,27H,9,11-12H2,(H2,26,28,29). The van der Waals surface area contributed by atoms with Crippen LogP contribution in [-0.4, -0.2) is 34.2 Å². The first-order chi connectivity index (χ1) is 15.1. The molecule has 1 aliphatic heterocycles. The van der Waals surface area contributed by atoms with Crippen molar-refractivity contribution >= 4 is 34.3 Å². The van der Waals surface area contributed by atoms with Gasteiger partial charge in [0.15, 0.2) is 11.6 Å². The normalized spacial score (nSPS) is 13.7. The summed E-state index contributed by atoms with van der Waals surface area (Å²) in [5.41, 5.74) is 3.53. The maximum Gasteiger partial charge on any atom is 0.219 e. The Morgan fingerprint density at radius 1 is 1.16 bits per heavy atom. The highest BCUT2D eigenvalue weighted by atomic mass is 35.5. The zero-order chi connectivity index (χ0) is 21.2. The topological polar surface area (TPSA) is 84.1 Å². The molecule has 0 saturated carbocycles. The Hall–Kier alpha value is -3.36. The SMILES string of the molecule is Fc1cc(CNc2nc3ccc(NC4COC4)cc3[nH]2)ccc1Oc1ccc(Cl)cn1. The van der Waals surface area contributed by atoms with E-state index in [9.17, 15) is 4.39 Å². The van der Waals surface area contributed by atoms with E-state index in [0.717, 1.165) is 35.5 Å². The van der Waals surface area contributed by atoms with E-state index in [2.05, 4.69) is 25.6 Å². The summed E-state index contributed by atoms with van der Waals surface area (Å²) in [6.45, 7) is 1.86. The van der Waals surface area contributed by atoms with Gasteiger partial charge >= 0.3 is 0 Å².